The number of rotatable bonds is 8. The number of morpholine rings is 1. The summed E-state index contributed by atoms with van der Waals surface area (Å²) in [6, 6.07) is 12.8. The van der Waals surface area contributed by atoms with Gasteiger partial charge < -0.3 is 19.2 Å². The number of methoxy groups -OCH3 is 1. The largest absolute Gasteiger partial charge is 0.495 e. The van der Waals surface area contributed by atoms with Crippen molar-refractivity contribution in [1.82, 2.24) is 14.6 Å². The second-order valence-electron chi connectivity index (χ2n) is 7.64. The van der Waals surface area contributed by atoms with Crippen molar-refractivity contribution < 1.29 is 19.1 Å². The molecule has 0 radical (unpaired) electrons. The molecule has 8 heteroatoms. The van der Waals surface area contributed by atoms with E-state index in [1.807, 2.05) is 30.3 Å². The van der Waals surface area contributed by atoms with Crippen molar-refractivity contribution in [3.63, 3.8) is 0 Å². The fraction of sp³-hybridized carbons (Fsp3) is 0.333. The second kappa shape index (κ2) is 10.2. The van der Waals surface area contributed by atoms with E-state index >= 15 is 0 Å². The summed E-state index contributed by atoms with van der Waals surface area (Å²) in [6.07, 6.45) is 2.55. The van der Waals surface area contributed by atoms with Gasteiger partial charge in [0.05, 0.1) is 25.3 Å². The van der Waals surface area contributed by atoms with Crippen LogP contribution in [0.2, 0.25) is 5.02 Å². The molecule has 0 aliphatic carbocycles. The lowest BCUT2D eigenvalue weighted by Crippen LogP contribution is -2.39. The van der Waals surface area contributed by atoms with Gasteiger partial charge in [-0.2, -0.15) is 0 Å². The Labute approximate surface area is 191 Å². The lowest BCUT2D eigenvalue weighted by atomic mass is 10.0. The highest BCUT2D eigenvalue weighted by Crippen LogP contribution is 2.33. The summed E-state index contributed by atoms with van der Waals surface area (Å²) in [7, 11) is 1.55. The van der Waals surface area contributed by atoms with Crippen LogP contribution in [-0.2, 0) is 9.53 Å². The first-order chi connectivity index (χ1) is 15.6. The summed E-state index contributed by atoms with van der Waals surface area (Å²) in [4.78, 5) is 28.2. The number of hydrogen-bond acceptors (Lipinski definition) is 5. The Bertz CT molecular complexity index is 1120. The number of aromatic nitrogens is 1. The van der Waals surface area contributed by atoms with Gasteiger partial charge in [-0.3, -0.25) is 14.5 Å². The Morgan fingerprint density at radius 1 is 1.16 bits per heavy atom. The maximum Gasteiger partial charge on any atom is 0.294 e. The van der Waals surface area contributed by atoms with E-state index in [1.165, 1.54) is 0 Å². The lowest BCUT2D eigenvalue weighted by molar-refractivity contribution is -0.117. The maximum absolute atomic E-state index is 13.2. The summed E-state index contributed by atoms with van der Waals surface area (Å²) in [5, 5.41) is 3.21. The second-order valence-corrected chi connectivity index (χ2v) is 8.05. The number of ketones is 1. The lowest BCUT2D eigenvalue weighted by Gasteiger charge is -2.26. The molecule has 1 amide bonds. The van der Waals surface area contributed by atoms with Crippen molar-refractivity contribution in [3.05, 3.63) is 59.4 Å². The van der Waals surface area contributed by atoms with E-state index in [-0.39, 0.29) is 0 Å². The molecule has 4 rings (SSSR count). The third-order valence-corrected chi connectivity index (χ3v) is 5.90. The van der Waals surface area contributed by atoms with Crippen molar-refractivity contribution >= 4 is 28.8 Å². The zero-order valence-electron chi connectivity index (χ0n) is 18.0. The fourth-order valence-corrected chi connectivity index (χ4v) is 4.18. The molecule has 2 aromatic heterocycles. The van der Waals surface area contributed by atoms with Crippen molar-refractivity contribution in [2.45, 2.75) is 6.42 Å². The van der Waals surface area contributed by atoms with Gasteiger partial charge in [0, 0.05) is 36.9 Å². The summed E-state index contributed by atoms with van der Waals surface area (Å²) < 4.78 is 12.3. The molecule has 1 saturated heterocycles. The highest BCUT2D eigenvalue weighted by molar-refractivity contribution is 6.43. The number of Topliss-reactive ketones (excluding diaryl/α,β-unsaturated/α-hetero) is 1. The highest BCUT2D eigenvalue weighted by Gasteiger charge is 2.25. The molecule has 0 bridgehead atoms. The van der Waals surface area contributed by atoms with Crippen molar-refractivity contribution in [2.75, 3.05) is 46.5 Å². The first kappa shape index (κ1) is 22.3. The molecule has 1 N–H and O–H groups in total. The van der Waals surface area contributed by atoms with Gasteiger partial charge in [0.15, 0.2) is 0 Å². The van der Waals surface area contributed by atoms with Crippen LogP contribution in [0.4, 0.5) is 0 Å². The maximum atomic E-state index is 13.2. The van der Waals surface area contributed by atoms with Crippen molar-refractivity contribution in [2.24, 2.45) is 0 Å². The third-order valence-electron chi connectivity index (χ3n) is 5.60. The smallest absolute Gasteiger partial charge is 0.294 e. The van der Waals surface area contributed by atoms with Gasteiger partial charge in [0.1, 0.15) is 11.4 Å². The van der Waals surface area contributed by atoms with Crippen LogP contribution >= 0.6 is 11.6 Å². The first-order valence-corrected chi connectivity index (χ1v) is 11.0. The van der Waals surface area contributed by atoms with E-state index in [0.717, 1.165) is 50.3 Å². The van der Waals surface area contributed by atoms with E-state index in [2.05, 4.69) is 10.2 Å². The molecule has 1 fully saturated rings. The topological polar surface area (TPSA) is 72.3 Å². The molecule has 7 nitrogen and oxygen atoms in total. The zero-order valence-corrected chi connectivity index (χ0v) is 18.7. The molecule has 3 aromatic rings. The van der Waals surface area contributed by atoms with E-state index in [9.17, 15) is 9.59 Å². The Hall–Kier alpha value is -2.87. The number of pyridine rings is 1. The fourth-order valence-electron chi connectivity index (χ4n) is 3.93. The summed E-state index contributed by atoms with van der Waals surface area (Å²) in [6.45, 7) is 4.58. The number of nitrogens with one attached hydrogen (secondary N) is 1. The van der Waals surface area contributed by atoms with Crippen molar-refractivity contribution in [1.29, 1.82) is 0 Å². The molecule has 1 aliphatic heterocycles. The van der Waals surface area contributed by atoms with Crippen LogP contribution in [0, 0.1) is 0 Å². The minimum atomic E-state index is -0.614. The molecule has 3 heterocycles. The Morgan fingerprint density at radius 3 is 2.72 bits per heavy atom. The SMILES string of the molecule is COc1ccc(-c2cc3ccccn3c2C(=O)C(=O)NCCCN2CCOCC2)cc1Cl. The normalized spacial score (nSPS) is 14.4. The van der Waals surface area contributed by atoms with Gasteiger partial charge in [-0.05, 0) is 48.9 Å². The Kier molecular flexibility index (Phi) is 7.09. The van der Waals surface area contributed by atoms with Gasteiger partial charge in [0.2, 0.25) is 0 Å². The Balaban J connectivity index is 1.53. The number of carbonyl (C=O) groups is 2. The first-order valence-electron chi connectivity index (χ1n) is 10.6. The average Bonchev–Trinajstić information content (AvgIpc) is 3.21. The number of hydrogen-bond donors (Lipinski definition) is 1. The molecular formula is C24H26ClN3O4. The number of ether oxygens (including phenoxy) is 2. The molecule has 1 aliphatic rings. The predicted octanol–water partition coefficient (Wildman–Crippen LogP) is 3.29. The number of amides is 1. The van der Waals surface area contributed by atoms with E-state index in [0.29, 0.717) is 28.6 Å². The van der Waals surface area contributed by atoms with Crippen LogP contribution in [-0.4, -0.2) is 67.5 Å². The highest BCUT2D eigenvalue weighted by atomic mass is 35.5. The van der Waals surface area contributed by atoms with E-state index in [1.54, 1.807) is 29.8 Å². The van der Waals surface area contributed by atoms with Crippen LogP contribution in [0.5, 0.6) is 5.75 Å². The van der Waals surface area contributed by atoms with Gasteiger partial charge in [-0.25, -0.2) is 0 Å². The molecular weight excluding hydrogens is 430 g/mol. The zero-order chi connectivity index (χ0) is 22.5. The van der Waals surface area contributed by atoms with Crippen LogP contribution in [0.15, 0.2) is 48.7 Å². The molecule has 0 spiro atoms. The van der Waals surface area contributed by atoms with Crippen molar-refractivity contribution in [3.8, 4) is 16.9 Å². The van der Waals surface area contributed by atoms with E-state index < -0.39 is 11.7 Å². The monoisotopic (exact) mass is 455 g/mol. The number of halogens is 1. The van der Waals surface area contributed by atoms with Gasteiger partial charge in [-0.1, -0.05) is 23.7 Å². The number of carbonyl (C=O) groups excluding carboxylic acids is 2. The molecule has 0 atom stereocenters. The van der Waals surface area contributed by atoms with Crippen LogP contribution < -0.4 is 10.1 Å². The van der Waals surface area contributed by atoms with Crippen LogP contribution in [0.1, 0.15) is 16.9 Å². The van der Waals surface area contributed by atoms with Crippen LogP contribution in [0.25, 0.3) is 16.6 Å². The van der Waals surface area contributed by atoms with Gasteiger partial charge >= 0.3 is 0 Å². The average molecular weight is 456 g/mol. The predicted molar refractivity (Wildman–Crippen MR) is 124 cm³/mol. The standard InChI is InChI=1S/C24H26ClN3O4/c1-31-21-7-6-17(15-20(21)25)19-16-18-5-2-3-10-28(18)22(19)23(29)24(30)26-8-4-9-27-11-13-32-14-12-27/h2-3,5-7,10,15-16H,4,8-9,11-14H2,1H3,(H,26,30). The summed E-state index contributed by atoms with van der Waals surface area (Å²) in [5.74, 6) is -0.647. The summed E-state index contributed by atoms with van der Waals surface area (Å²) in [5.41, 5.74) is 2.52. The quantitative estimate of drug-likeness (QED) is 0.320. The number of benzene rings is 1. The molecule has 0 saturated carbocycles. The molecule has 0 unspecified atom stereocenters. The molecule has 1 aromatic carbocycles. The van der Waals surface area contributed by atoms with E-state index in [4.69, 9.17) is 21.1 Å². The Morgan fingerprint density at radius 2 is 1.97 bits per heavy atom. The van der Waals surface area contributed by atoms with Crippen LogP contribution in [0.3, 0.4) is 0 Å². The van der Waals surface area contributed by atoms with Gasteiger partial charge in [-0.15, -0.1) is 0 Å². The summed E-state index contributed by atoms with van der Waals surface area (Å²) >= 11 is 6.31. The molecule has 168 valence electrons. The molecule has 32 heavy (non-hydrogen) atoms. The number of fused-ring (bicyclic) bond motifs is 1. The third kappa shape index (κ3) is 4.80. The minimum Gasteiger partial charge on any atom is -0.495 e. The number of nitrogens with zero attached hydrogens (tertiary/aromatic N) is 2. The minimum absolute atomic E-state index is 0.313. The van der Waals surface area contributed by atoms with Gasteiger partial charge in [0.25, 0.3) is 11.7 Å².